The van der Waals surface area contributed by atoms with Crippen LogP contribution in [0.5, 0.6) is 23.0 Å². The van der Waals surface area contributed by atoms with Gasteiger partial charge in [-0.1, -0.05) is 89.1 Å². The van der Waals surface area contributed by atoms with Crippen LogP contribution < -0.4 is 18.9 Å². The van der Waals surface area contributed by atoms with Gasteiger partial charge >= 0.3 is 0 Å². The zero-order valence-electron chi connectivity index (χ0n) is 38.3. The molecule has 2 aliphatic carbocycles. The van der Waals surface area contributed by atoms with Gasteiger partial charge in [0, 0.05) is 36.9 Å². The minimum absolute atomic E-state index is 0.169. The quantitative estimate of drug-likeness (QED) is 0.0492. The number of rotatable bonds is 25. The average molecular weight is 879 g/mol. The van der Waals surface area contributed by atoms with Crippen molar-refractivity contribution in [2.75, 3.05) is 39.6 Å². The lowest BCUT2D eigenvalue weighted by Gasteiger charge is -2.27. The van der Waals surface area contributed by atoms with Gasteiger partial charge in [0.2, 0.25) is 0 Å². The Bertz CT molecular complexity index is 1870. The molecule has 8 rings (SSSR count). The Kier molecular flexibility index (Phi) is 15.5. The molecule has 4 aromatic carbocycles. The third kappa shape index (κ3) is 12.8. The summed E-state index contributed by atoms with van der Waals surface area (Å²) in [4.78, 5) is 0. The highest BCUT2D eigenvalue weighted by atomic mass is 16.6. The van der Waals surface area contributed by atoms with Gasteiger partial charge in [0.1, 0.15) is 60.6 Å². The molecule has 0 amide bonds. The zero-order chi connectivity index (χ0) is 44.5. The van der Waals surface area contributed by atoms with E-state index in [2.05, 4.69) is 100 Å². The third-order valence-electron chi connectivity index (χ3n) is 13.7. The van der Waals surface area contributed by atoms with Crippen molar-refractivity contribution in [2.24, 2.45) is 0 Å². The maximum Gasteiger partial charge on any atom is 0.119 e. The summed E-state index contributed by atoms with van der Waals surface area (Å²) in [7, 11) is 0. The maximum absolute atomic E-state index is 10.4. The summed E-state index contributed by atoms with van der Waals surface area (Å²) >= 11 is 0. The molecular weight excluding hydrogens is 809 g/mol. The lowest BCUT2D eigenvalue weighted by molar-refractivity contribution is 0.00823. The fourth-order valence-corrected chi connectivity index (χ4v) is 9.18. The van der Waals surface area contributed by atoms with Crippen LogP contribution in [0.4, 0.5) is 0 Å². The Hall–Kier alpha value is -4.16. The first-order chi connectivity index (χ1) is 31.0. The van der Waals surface area contributed by atoms with E-state index in [9.17, 15) is 10.2 Å². The van der Waals surface area contributed by atoms with Crippen LogP contribution in [-0.4, -0.2) is 98.7 Å². The predicted octanol–water partition coefficient (Wildman–Crippen LogP) is 9.51. The molecule has 2 saturated carbocycles. The number of aliphatic hydroxyl groups is 2. The van der Waals surface area contributed by atoms with Crippen LogP contribution in [0.3, 0.4) is 0 Å². The van der Waals surface area contributed by atoms with Crippen molar-refractivity contribution in [1.82, 2.24) is 0 Å². The van der Waals surface area contributed by atoms with Crippen LogP contribution in [-0.2, 0) is 29.8 Å². The summed E-state index contributed by atoms with van der Waals surface area (Å²) in [5.74, 6) is 3.26. The summed E-state index contributed by atoms with van der Waals surface area (Å²) in [6, 6.07) is 33.2. The molecular formula is C54H70O10. The van der Waals surface area contributed by atoms with E-state index in [0.717, 1.165) is 87.2 Å². The topological polar surface area (TPSA) is 121 Å². The Morgan fingerprint density at radius 1 is 0.453 bits per heavy atom. The van der Waals surface area contributed by atoms with E-state index in [1.54, 1.807) is 0 Å². The van der Waals surface area contributed by atoms with Crippen LogP contribution in [0, 0.1) is 0 Å². The first-order valence-corrected chi connectivity index (χ1v) is 23.8. The molecule has 64 heavy (non-hydrogen) atoms. The summed E-state index contributed by atoms with van der Waals surface area (Å²) in [5.41, 5.74) is 4.40. The van der Waals surface area contributed by atoms with E-state index in [-0.39, 0.29) is 49.5 Å². The third-order valence-corrected chi connectivity index (χ3v) is 13.7. The molecule has 0 aromatic heterocycles. The van der Waals surface area contributed by atoms with Crippen LogP contribution in [0.25, 0.3) is 0 Å². The highest BCUT2D eigenvalue weighted by molar-refractivity contribution is 5.43. The second-order valence-corrected chi connectivity index (χ2v) is 19.4. The summed E-state index contributed by atoms with van der Waals surface area (Å²) in [6.45, 7) is 10.8. The molecule has 2 aliphatic heterocycles. The van der Waals surface area contributed by atoms with Crippen molar-refractivity contribution in [3.8, 4) is 23.0 Å². The van der Waals surface area contributed by atoms with Gasteiger partial charge in [0.25, 0.3) is 0 Å². The summed E-state index contributed by atoms with van der Waals surface area (Å²) in [5, 5.41) is 20.9. The van der Waals surface area contributed by atoms with Crippen molar-refractivity contribution in [2.45, 2.75) is 152 Å². The smallest absolute Gasteiger partial charge is 0.119 e. The molecule has 4 fully saturated rings. The van der Waals surface area contributed by atoms with Gasteiger partial charge in [-0.2, -0.15) is 0 Å². The lowest BCUT2D eigenvalue weighted by atomic mass is 9.78. The Balaban J connectivity index is 0.627. The van der Waals surface area contributed by atoms with Gasteiger partial charge in [0.15, 0.2) is 0 Å². The van der Waals surface area contributed by atoms with E-state index in [4.69, 9.17) is 37.9 Å². The van der Waals surface area contributed by atoms with Crippen LogP contribution in [0.15, 0.2) is 97.1 Å². The SMILES string of the molecule is CC(C)(c1ccc(OCC(O)COCCCCCCOCC(O)COc2ccc(C(C)(C)c3ccc(OC4CCC5OC5C4)cc3)cc2)cc1)c1ccc(OC2CCC3OC3C2)cc1. The van der Waals surface area contributed by atoms with Crippen molar-refractivity contribution >= 4 is 0 Å². The Morgan fingerprint density at radius 3 is 1.14 bits per heavy atom. The van der Waals surface area contributed by atoms with Crippen LogP contribution in [0.1, 0.15) is 114 Å². The number of hydrogen-bond acceptors (Lipinski definition) is 10. The molecule has 0 bridgehead atoms. The maximum atomic E-state index is 10.4. The predicted molar refractivity (Wildman–Crippen MR) is 247 cm³/mol. The molecule has 4 aromatic rings. The molecule has 0 spiro atoms. The number of hydrogen-bond donors (Lipinski definition) is 2. The van der Waals surface area contributed by atoms with Gasteiger partial charge in [0.05, 0.1) is 37.6 Å². The monoisotopic (exact) mass is 878 g/mol. The second kappa shape index (κ2) is 21.4. The van der Waals surface area contributed by atoms with Gasteiger partial charge < -0.3 is 48.1 Å². The van der Waals surface area contributed by atoms with E-state index >= 15 is 0 Å². The standard InChI is InChI=1S/C54H70O10/c1-53(2,39-13-21-45(22-14-39)61-47-25-27-49-51(31-47)63-49)37-9-17-43(18-10-37)59-35-41(55)33-57-29-7-5-6-8-30-58-34-42(56)36-60-44-19-11-38(12-20-44)54(3,4)40-15-23-46(24-16-40)62-48-26-28-50-52(32-48)64-50/h9-24,41-42,47-52,55-56H,5-8,25-36H2,1-4H3. The molecule has 10 nitrogen and oxygen atoms in total. The molecule has 0 radical (unpaired) electrons. The minimum Gasteiger partial charge on any atom is -0.491 e. The number of fused-ring (bicyclic) bond motifs is 2. The lowest BCUT2D eigenvalue weighted by Crippen LogP contribution is -2.24. The molecule has 2 N–H and O–H groups in total. The molecule has 8 unspecified atom stereocenters. The molecule has 8 atom stereocenters. The highest BCUT2D eigenvalue weighted by Crippen LogP contribution is 2.40. The largest absolute Gasteiger partial charge is 0.491 e. The molecule has 10 heteroatoms. The normalized spacial score (nSPS) is 23.6. The van der Waals surface area contributed by atoms with E-state index < -0.39 is 12.2 Å². The molecule has 2 heterocycles. The second-order valence-electron chi connectivity index (χ2n) is 19.4. The fourth-order valence-electron chi connectivity index (χ4n) is 9.18. The number of aliphatic hydroxyl groups excluding tert-OH is 2. The number of ether oxygens (including phenoxy) is 8. The zero-order valence-corrected chi connectivity index (χ0v) is 38.3. The summed E-state index contributed by atoms with van der Waals surface area (Å²) < 4.78 is 47.0. The fraction of sp³-hybridized carbons (Fsp3) is 0.556. The van der Waals surface area contributed by atoms with Crippen LogP contribution >= 0.6 is 0 Å². The first-order valence-electron chi connectivity index (χ1n) is 23.8. The number of unbranched alkanes of at least 4 members (excludes halogenated alkanes) is 3. The van der Waals surface area contributed by atoms with E-state index in [1.165, 1.54) is 22.3 Å². The average Bonchev–Trinajstić information content (AvgIpc) is 4.25. The molecule has 346 valence electrons. The van der Waals surface area contributed by atoms with Gasteiger partial charge in [-0.05, 0) is 109 Å². The Labute approximate surface area is 380 Å². The van der Waals surface area contributed by atoms with Crippen molar-refractivity contribution < 1.29 is 48.1 Å². The number of benzene rings is 4. The van der Waals surface area contributed by atoms with Gasteiger partial charge in [-0.25, -0.2) is 0 Å². The van der Waals surface area contributed by atoms with Crippen molar-refractivity contribution in [3.05, 3.63) is 119 Å². The highest BCUT2D eigenvalue weighted by Gasteiger charge is 2.45. The van der Waals surface area contributed by atoms with Gasteiger partial charge in [-0.3, -0.25) is 0 Å². The molecule has 4 aliphatic rings. The number of epoxide rings is 2. The minimum atomic E-state index is -0.707. The van der Waals surface area contributed by atoms with Crippen molar-refractivity contribution in [3.63, 3.8) is 0 Å². The van der Waals surface area contributed by atoms with Crippen molar-refractivity contribution in [1.29, 1.82) is 0 Å². The first kappa shape index (κ1) is 46.4. The van der Waals surface area contributed by atoms with Crippen LogP contribution in [0.2, 0.25) is 0 Å². The van der Waals surface area contributed by atoms with Gasteiger partial charge in [-0.15, -0.1) is 0 Å². The Morgan fingerprint density at radius 2 is 0.797 bits per heavy atom. The van der Waals surface area contributed by atoms with E-state index in [0.29, 0.717) is 37.6 Å². The summed E-state index contributed by atoms with van der Waals surface area (Å²) in [6.07, 6.45) is 10.9. The molecule has 2 saturated heterocycles. The van der Waals surface area contributed by atoms with E-state index in [1.807, 2.05) is 24.3 Å².